The molecule has 2 aromatic rings. The first kappa shape index (κ1) is 26.0. The topological polar surface area (TPSA) is 94.8 Å². The molecular weight excluding hydrogens is 427 g/mol. The van der Waals surface area contributed by atoms with Gasteiger partial charge in [-0.15, -0.1) is 0 Å². The number of oxime groups is 1. The van der Waals surface area contributed by atoms with Gasteiger partial charge in [0.25, 0.3) is 5.56 Å². The van der Waals surface area contributed by atoms with Gasteiger partial charge in [-0.1, -0.05) is 5.16 Å². The Hall–Kier alpha value is -3.23. The number of aryl methyl sites for hydroxylation is 2. The normalized spacial score (nSPS) is 12.7. The number of rotatable bonds is 10. The average Bonchev–Trinajstić information content (AvgIpc) is 2.75. The van der Waals surface area contributed by atoms with E-state index in [1.54, 1.807) is 26.0 Å². The minimum atomic E-state index is -0.832. The van der Waals surface area contributed by atoms with E-state index in [1.165, 1.54) is 23.9 Å². The lowest BCUT2D eigenvalue weighted by atomic mass is 10.0. The van der Waals surface area contributed by atoms with Crippen molar-refractivity contribution in [1.82, 2.24) is 15.1 Å². The van der Waals surface area contributed by atoms with E-state index in [9.17, 15) is 14.0 Å². The van der Waals surface area contributed by atoms with Crippen molar-refractivity contribution in [3.05, 3.63) is 57.3 Å². The van der Waals surface area contributed by atoms with Gasteiger partial charge in [0.05, 0.1) is 24.1 Å². The zero-order valence-electron chi connectivity index (χ0n) is 20.3. The van der Waals surface area contributed by atoms with Gasteiger partial charge in [-0.3, -0.25) is 9.59 Å². The van der Waals surface area contributed by atoms with Crippen LogP contribution in [0.15, 0.2) is 34.2 Å². The number of methoxy groups -OCH3 is 1. The number of halogens is 1. The predicted octanol–water partition coefficient (Wildman–Crippen LogP) is 3.41. The Labute approximate surface area is 193 Å². The molecule has 0 spiro atoms. The number of carbonyl (C=O) groups is 1. The molecule has 0 aliphatic carbocycles. The highest BCUT2D eigenvalue weighted by Crippen LogP contribution is 2.21. The van der Waals surface area contributed by atoms with Crippen molar-refractivity contribution < 1.29 is 18.8 Å². The summed E-state index contributed by atoms with van der Waals surface area (Å²) in [6.45, 7) is 10.6. The standard InChI is InChI=1S/C24H33FN4O4/c1-14(2)26-23(30)17(6)29-24(31)21(16(5)28-33-15(3)4)13-20(27-29)10-8-18-12-19(25)9-11-22(18)32-7/h9,11-15,17H,8,10H2,1-7H3,(H,26,30)/b28-16+. The lowest BCUT2D eigenvalue weighted by Gasteiger charge is -2.18. The van der Waals surface area contributed by atoms with Gasteiger partial charge in [0.15, 0.2) is 0 Å². The molecule has 0 aliphatic heterocycles. The van der Waals surface area contributed by atoms with E-state index in [1.807, 2.05) is 27.7 Å². The molecule has 1 N–H and O–H groups in total. The Morgan fingerprint density at radius 1 is 1.18 bits per heavy atom. The van der Waals surface area contributed by atoms with Crippen LogP contribution in [0.25, 0.3) is 0 Å². The van der Waals surface area contributed by atoms with Crippen LogP contribution in [-0.4, -0.2) is 40.7 Å². The molecule has 0 fully saturated rings. The highest BCUT2D eigenvalue weighted by molar-refractivity contribution is 5.98. The van der Waals surface area contributed by atoms with Crippen LogP contribution >= 0.6 is 0 Å². The molecule has 1 amide bonds. The SMILES string of the molecule is COc1ccc(F)cc1CCc1cc(/C(C)=N/OC(C)C)c(=O)n(C(C)C(=O)NC(C)C)n1. The van der Waals surface area contributed by atoms with E-state index in [0.29, 0.717) is 35.6 Å². The van der Waals surface area contributed by atoms with Crippen molar-refractivity contribution in [2.24, 2.45) is 5.16 Å². The highest BCUT2D eigenvalue weighted by atomic mass is 19.1. The summed E-state index contributed by atoms with van der Waals surface area (Å²) in [5.41, 5.74) is 1.46. The lowest BCUT2D eigenvalue weighted by molar-refractivity contribution is -0.124. The summed E-state index contributed by atoms with van der Waals surface area (Å²) in [5, 5.41) is 11.3. The van der Waals surface area contributed by atoms with E-state index in [2.05, 4.69) is 15.6 Å². The van der Waals surface area contributed by atoms with E-state index < -0.39 is 11.6 Å². The third kappa shape index (κ3) is 7.13. The van der Waals surface area contributed by atoms with Crippen LogP contribution in [0.4, 0.5) is 4.39 Å². The molecule has 8 nitrogen and oxygen atoms in total. The van der Waals surface area contributed by atoms with Crippen LogP contribution in [0, 0.1) is 5.82 Å². The molecule has 0 radical (unpaired) electrons. The number of aromatic nitrogens is 2. The number of hydrogen-bond donors (Lipinski definition) is 1. The summed E-state index contributed by atoms with van der Waals surface area (Å²) in [6.07, 6.45) is 0.667. The summed E-state index contributed by atoms with van der Waals surface area (Å²) in [4.78, 5) is 31.1. The van der Waals surface area contributed by atoms with E-state index in [0.717, 1.165) is 0 Å². The maximum atomic E-state index is 13.8. The second-order valence-electron chi connectivity index (χ2n) is 8.43. The van der Waals surface area contributed by atoms with Crippen molar-refractivity contribution in [1.29, 1.82) is 0 Å². The van der Waals surface area contributed by atoms with Gasteiger partial charge in [-0.05, 0) is 84.2 Å². The number of amides is 1. The maximum absolute atomic E-state index is 13.8. The Morgan fingerprint density at radius 2 is 1.88 bits per heavy atom. The molecular formula is C24H33FN4O4. The number of carbonyl (C=O) groups excluding carboxylic acids is 1. The van der Waals surface area contributed by atoms with Gasteiger partial charge in [0.2, 0.25) is 5.91 Å². The summed E-state index contributed by atoms with van der Waals surface area (Å²) >= 11 is 0. The first-order valence-corrected chi connectivity index (χ1v) is 11.0. The molecule has 180 valence electrons. The predicted molar refractivity (Wildman–Crippen MR) is 125 cm³/mol. The largest absolute Gasteiger partial charge is 0.496 e. The van der Waals surface area contributed by atoms with Crippen LogP contribution in [0.3, 0.4) is 0 Å². The zero-order valence-corrected chi connectivity index (χ0v) is 20.3. The molecule has 9 heteroatoms. The molecule has 1 unspecified atom stereocenters. The van der Waals surface area contributed by atoms with Crippen molar-refractivity contribution in [3.8, 4) is 5.75 Å². The van der Waals surface area contributed by atoms with Gasteiger partial charge in [-0.25, -0.2) is 9.07 Å². The van der Waals surface area contributed by atoms with Crippen molar-refractivity contribution in [3.63, 3.8) is 0 Å². The molecule has 1 atom stereocenters. The van der Waals surface area contributed by atoms with Crippen LogP contribution in [0.2, 0.25) is 0 Å². The Kier molecular flexibility index (Phi) is 9.13. The Bertz CT molecular complexity index is 1060. The maximum Gasteiger partial charge on any atom is 0.276 e. The molecule has 33 heavy (non-hydrogen) atoms. The van der Waals surface area contributed by atoms with Gasteiger partial charge in [0.1, 0.15) is 23.7 Å². The molecule has 1 heterocycles. The fourth-order valence-electron chi connectivity index (χ4n) is 3.16. The number of ether oxygens (including phenoxy) is 1. The second kappa shape index (κ2) is 11.6. The van der Waals surface area contributed by atoms with E-state index >= 15 is 0 Å². The summed E-state index contributed by atoms with van der Waals surface area (Å²) in [5.74, 6) is -0.113. The van der Waals surface area contributed by atoms with Crippen LogP contribution in [-0.2, 0) is 22.5 Å². The highest BCUT2D eigenvalue weighted by Gasteiger charge is 2.22. The quantitative estimate of drug-likeness (QED) is 0.433. The average molecular weight is 461 g/mol. The second-order valence-corrected chi connectivity index (χ2v) is 8.43. The Balaban J connectivity index is 2.48. The molecule has 0 saturated carbocycles. The number of nitrogens with zero attached hydrogens (tertiary/aromatic N) is 3. The summed E-state index contributed by atoms with van der Waals surface area (Å²) in [7, 11) is 1.52. The first-order valence-electron chi connectivity index (χ1n) is 11.0. The molecule has 0 aliphatic rings. The van der Waals surface area contributed by atoms with Crippen LogP contribution < -0.4 is 15.6 Å². The first-order chi connectivity index (χ1) is 15.5. The fraction of sp³-hybridized carbons (Fsp3) is 0.500. The van der Waals surface area contributed by atoms with Crippen molar-refractivity contribution in [2.45, 2.75) is 72.6 Å². The monoisotopic (exact) mass is 460 g/mol. The molecule has 0 bridgehead atoms. The third-order valence-electron chi connectivity index (χ3n) is 4.85. The van der Waals surface area contributed by atoms with Gasteiger partial charge in [-0.2, -0.15) is 5.10 Å². The molecule has 1 aromatic carbocycles. The van der Waals surface area contributed by atoms with Gasteiger partial charge < -0.3 is 14.9 Å². The number of hydrogen-bond acceptors (Lipinski definition) is 6. The van der Waals surface area contributed by atoms with Crippen molar-refractivity contribution >= 4 is 11.6 Å². The van der Waals surface area contributed by atoms with E-state index in [4.69, 9.17) is 9.57 Å². The molecule has 0 saturated heterocycles. The minimum absolute atomic E-state index is 0.0820. The fourth-order valence-corrected chi connectivity index (χ4v) is 3.16. The van der Waals surface area contributed by atoms with Crippen LogP contribution in [0.1, 0.15) is 64.4 Å². The van der Waals surface area contributed by atoms with Gasteiger partial charge >= 0.3 is 0 Å². The summed E-state index contributed by atoms with van der Waals surface area (Å²) < 4.78 is 20.2. The smallest absolute Gasteiger partial charge is 0.276 e. The molecule has 1 aromatic heterocycles. The molecule has 2 rings (SSSR count). The third-order valence-corrected chi connectivity index (χ3v) is 4.85. The number of nitrogens with one attached hydrogen (secondary N) is 1. The number of benzene rings is 1. The van der Waals surface area contributed by atoms with Crippen LogP contribution in [0.5, 0.6) is 5.75 Å². The van der Waals surface area contributed by atoms with Gasteiger partial charge in [0, 0.05) is 6.04 Å². The van der Waals surface area contributed by atoms with Crippen molar-refractivity contribution in [2.75, 3.05) is 7.11 Å². The lowest BCUT2D eigenvalue weighted by Crippen LogP contribution is -2.41. The Morgan fingerprint density at radius 3 is 2.48 bits per heavy atom. The van der Waals surface area contributed by atoms with E-state index in [-0.39, 0.29) is 29.4 Å². The summed E-state index contributed by atoms with van der Waals surface area (Å²) in [6, 6.07) is 5.05. The minimum Gasteiger partial charge on any atom is -0.496 e. The zero-order chi connectivity index (χ0) is 24.7.